The fourth-order valence-corrected chi connectivity index (χ4v) is 2.58. The lowest BCUT2D eigenvalue weighted by Crippen LogP contribution is -2.13. The van der Waals surface area contributed by atoms with E-state index in [-0.39, 0.29) is 10.7 Å². The Bertz CT molecular complexity index is 659. The first-order chi connectivity index (χ1) is 8.47. The SMILES string of the molecule is O=S(=O)(Nc1ccc(F)cn1)c1cccc(Cl)c1. The second kappa shape index (κ2) is 4.91. The largest absolute Gasteiger partial charge is 0.263 e. The van der Waals surface area contributed by atoms with E-state index in [1.54, 1.807) is 6.07 Å². The highest BCUT2D eigenvalue weighted by atomic mass is 35.5. The first-order valence-corrected chi connectivity index (χ1v) is 6.73. The molecule has 1 N–H and O–H groups in total. The van der Waals surface area contributed by atoms with Crippen LogP contribution in [0.25, 0.3) is 0 Å². The van der Waals surface area contributed by atoms with E-state index in [4.69, 9.17) is 11.6 Å². The highest BCUT2D eigenvalue weighted by Crippen LogP contribution is 2.18. The van der Waals surface area contributed by atoms with E-state index in [0.29, 0.717) is 5.02 Å². The van der Waals surface area contributed by atoms with Crippen molar-refractivity contribution in [2.24, 2.45) is 0 Å². The molecular weight excluding hydrogens is 279 g/mol. The molecule has 2 rings (SSSR count). The van der Waals surface area contributed by atoms with E-state index in [1.165, 1.54) is 24.3 Å². The molecule has 0 aliphatic rings. The maximum absolute atomic E-state index is 12.6. The highest BCUT2D eigenvalue weighted by molar-refractivity contribution is 7.92. The van der Waals surface area contributed by atoms with Crippen LogP contribution in [-0.4, -0.2) is 13.4 Å². The van der Waals surface area contributed by atoms with Gasteiger partial charge in [-0.3, -0.25) is 4.72 Å². The van der Waals surface area contributed by atoms with Gasteiger partial charge in [0.2, 0.25) is 0 Å². The standard InChI is InChI=1S/C11H8ClFN2O2S/c12-8-2-1-3-10(6-8)18(16,17)15-11-5-4-9(13)7-14-11/h1-7H,(H,14,15). The summed E-state index contributed by atoms with van der Waals surface area (Å²) in [6, 6.07) is 8.15. The van der Waals surface area contributed by atoms with Crippen LogP contribution in [0.2, 0.25) is 5.02 Å². The van der Waals surface area contributed by atoms with Crippen LogP contribution in [0.15, 0.2) is 47.5 Å². The van der Waals surface area contributed by atoms with Crippen molar-refractivity contribution in [3.8, 4) is 0 Å². The number of hydrogen-bond donors (Lipinski definition) is 1. The molecule has 0 amide bonds. The molecule has 1 aromatic carbocycles. The molecule has 1 heterocycles. The minimum absolute atomic E-state index is 0.0149. The molecule has 0 aliphatic heterocycles. The van der Waals surface area contributed by atoms with E-state index in [1.807, 2.05) is 0 Å². The lowest BCUT2D eigenvalue weighted by molar-refractivity contribution is 0.600. The minimum atomic E-state index is -3.77. The second-order valence-electron chi connectivity index (χ2n) is 3.42. The molecule has 7 heteroatoms. The zero-order valence-corrected chi connectivity index (χ0v) is 10.5. The van der Waals surface area contributed by atoms with Gasteiger partial charge in [-0.2, -0.15) is 0 Å². The third-order valence-electron chi connectivity index (χ3n) is 2.07. The molecule has 0 saturated carbocycles. The zero-order chi connectivity index (χ0) is 13.2. The quantitative estimate of drug-likeness (QED) is 0.944. The van der Waals surface area contributed by atoms with E-state index in [2.05, 4.69) is 9.71 Å². The Morgan fingerprint density at radius 1 is 1.22 bits per heavy atom. The van der Waals surface area contributed by atoms with E-state index in [9.17, 15) is 12.8 Å². The third kappa shape index (κ3) is 2.96. The molecule has 0 saturated heterocycles. The van der Waals surface area contributed by atoms with Gasteiger partial charge >= 0.3 is 0 Å². The van der Waals surface area contributed by atoms with Gasteiger partial charge < -0.3 is 0 Å². The predicted octanol–water partition coefficient (Wildman–Crippen LogP) is 2.67. The molecule has 0 atom stereocenters. The number of benzene rings is 1. The molecule has 0 aliphatic carbocycles. The van der Waals surface area contributed by atoms with Crippen LogP contribution in [0.4, 0.5) is 10.2 Å². The molecule has 0 radical (unpaired) electrons. The summed E-state index contributed by atoms with van der Waals surface area (Å²) in [6.07, 6.45) is 0.926. The summed E-state index contributed by atoms with van der Waals surface area (Å²) in [4.78, 5) is 3.63. The molecule has 1 aromatic heterocycles. The smallest absolute Gasteiger partial charge is 0.263 e. The van der Waals surface area contributed by atoms with Crippen molar-refractivity contribution in [2.45, 2.75) is 4.90 Å². The van der Waals surface area contributed by atoms with Crippen LogP contribution >= 0.6 is 11.6 Å². The van der Waals surface area contributed by atoms with Gasteiger partial charge in [0.05, 0.1) is 11.1 Å². The average molecular weight is 287 g/mol. The van der Waals surface area contributed by atoms with Gasteiger partial charge in [0.25, 0.3) is 10.0 Å². The fourth-order valence-electron chi connectivity index (χ4n) is 1.27. The van der Waals surface area contributed by atoms with Crippen LogP contribution in [0.1, 0.15) is 0 Å². The Balaban J connectivity index is 2.30. The first kappa shape index (κ1) is 12.8. The summed E-state index contributed by atoms with van der Waals surface area (Å²) in [5.74, 6) is -0.503. The molecule has 18 heavy (non-hydrogen) atoms. The Morgan fingerprint density at radius 3 is 2.61 bits per heavy atom. The van der Waals surface area contributed by atoms with Crippen molar-refractivity contribution in [1.29, 1.82) is 0 Å². The lowest BCUT2D eigenvalue weighted by Gasteiger charge is -2.07. The normalized spacial score (nSPS) is 11.2. The first-order valence-electron chi connectivity index (χ1n) is 4.87. The topological polar surface area (TPSA) is 59.1 Å². The zero-order valence-electron chi connectivity index (χ0n) is 8.97. The number of anilines is 1. The van der Waals surface area contributed by atoms with Crippen molar-refractivity contribution < 1.29 is 12.8 Å². The van der Waals surface area contributed by atoms with Crippen molar-refractivity contribution in [1.82, 2.24) is 4.98 Å². The minimum Gasteiger partial charge on any atom is -0.263 e. The molecule has 4 nitrogen and oxygen atoms in total. The number of sulfonamides is 1. The summed E-state index contributed by atoms with van der Waals surface area (Å²) >= 11 is 5.72. The van der Waals surface area contributed by atoms with Gasteiger partial charge in [0, 0.05) is 5.02 Å². The number of pyridine rings is 1. The summed E-state index contributed by atoms with van der Waals surface area (Å²) in [5.41, 5.74) is 0. The Morgan fingerprint density at radius 2 is 2.00 bits per heavy atom. The number of aromatic nitrogens is 1. The number of rotatable bonds is 3. The van der Waals surface area contributed by atoms with Gasteiger partial charge in [-0.1, -0.05) is 17.7 Å². The van der Waals surface area contributed by atoms with E-state index >= 15 is 0 Å². The molecule has 94 valence electrons. The van der Waals surface area contributed by atoms with E-state index < -0.39 is 15.8 Å². The number of hydrogen-bond acceptors (Lipinski definition) is 3. The average Bonchev–Trinajstić information content (AvgIpc) is 2.32. The highest BCUT2D eigenvalue weighted by Gasteiger charge is 2.14. The van der Waals surface area contributed by atoms with Crippen molar-refractivity contribution in [3.05, 3.63) is 53.4 Å². The van der Waals surface area contributed by atoms with Crippen LogP contribution in [0.3, 0.4) is 0 Å². The summed E-state index contributed by atoms with van der Waals surface area (Å²) in [5, 5.41) is 0.310. The summed E-state index contributed by atoms with van der Waals surface area (Å²) in [7, 11) is -3.77. The summed E-state index contributed by atoms with van der Waals surface area (Å²) in [6.45, 7) is 0. The van der Waals surface area contributed by atoms with Crippen LogP contribution in [0, 0.1) is 5.82 Å². The van der Waals surface area contributed by atoms with Gasteiger partial charge in [0.1, 0.15) is 11.6 Å². The molecule has 0 unspecified atom stereocenters. The van der Waals surface area contributed by atoms with Crippen molar-refractivity contribution in [2.75, 3.05) is 4.72 Å². The van der Waals surface area contributed by atoms with Crippen molar-refractivity contribution in [3.63, 3.8) is 0 Å². The monoisotopic (exact) mass is 286 g/mol. The van der Waals surface area contributed by atoms with Crippen LogP contribution in [-0.2, 0) is 10.0 Å². The van der Waals surface area contributed by atoms with Gasteiger partial charge in [-0.25, -0.2) is 17.8 Å². The fraction of sp³-hybridized carbons (Fsp3) is 0. The van der Waals surface area contributed by atoms with Gasteiger partial charge in [-0.05, 0) is 30.3 Å². The maximum Gasteiger partial charge on any atom is 0.263 e. The molecule has 2 aromatic rings. The Labute approximate surface area is 108 Å². The maximum atomic E-state index is 12.6. The number of halogens is 2. The second-order valence-corrected chi connectivity index (χ2v) is 5.54. The predicted molar refractivity (Wildman–Crippen MR) is 66.5 cm³/mol. The van der Waals surface area contributed by atoms with Gasteiger partial charge in [0.15, 0.2) is 0 Å². The third-order valence-corrected chi connectivity index (χ3v) is 3.66. The van der Waals surface area contributed by atoms with Crippen molar-refractivity contribution >= 4 is 27.4 Å². The molecule has 0 spiro atoms. The van der Waals surface area contributed by atoms with Gasteiger partial charge in [-0.15, -0.1) is 0 Å². The molecule has 0 bridgehead atoms. The molecular formula is C11H8ClFN2O2S. The molecule has 0 fully saturated rings. The number of nitrogens with one attached hydrogen (secondary N) is 1. The van der Waals surface area contributed by atoms with E-state index in [0.717, 1.165) is 12.3 Å². The Kier molecular flexibility index (Phi) is 3.49. The summed E-state index contributed by atoms with van der Waals surface area (Å²) < 4.78 is 38.7. The lowest BCUT2D eigenvalue weighted by atomic mass is 10.4. The van der Waals surface area contributed by atoms with Crippen LogP contribution < -0.4 is 4.72 Å². The Hall–Kier alpha value is -1.66. The van der Waals surface area contributed by atoms with Crippen LogP contribution in [0.5, 0.6) is 0 Å². The number of nitrogens with zero attached hydrogens (tertiary/aromatic N) is 1.